The second-order valence-corrected chi connectivity index (χ2v) is 7.96. The number of methoxy groups -OCH3 is 1. The maximum Gasteiger partial charge on any atom is 0.315 e. The van der Waals surface area contributed by atoms with E-state index < -0.39 is 0 Å². The van der Waals surface area contributed by atoms with Gasteiger partial charge in [-0.3, -0.25) is 0 Å². The fraction of sp³-hybridized carbons (Fsp3) is 0.269. The van der Waals surface area contributed by atoms with Crippen molar-refractivity contribution in [3.63, 3.8) is 0 Å². The van der Waals surface area contributed by atoms with Gasteiger partial charge in [0.25, 0.3) is 0 Å². The van der Waals surface area contributed by atoms with Crippen molar-refractivity contribution in [1.29, 1.82) is 0 Å². The lowest BCUT2D eigenvalue weighted by Crippen LogP contribution is -2.36. The number of hydrogen-bond acceptors (Lipinski definition) is 4. The molecular weight excluding hydrogens is 402 g/mol. The third-order valence-corrected chi connectivity index (χ3v) is 5.16. The van der Waals surface area contributed by atoms with Gasteiger partial charge in [-0.1, -0.05) is 54.6 Å². The lowest BCUT2D eigenvalue weighted by Gasteiger charge is -2.13. The first-order chi connectivity index (χ1) is 15.5. The van der Waals surface area contributed by atoms with Gasteiger partial charge in [0, 0.05) is 19.6 Å². The number of nitrogens with zero attached hydrogens (tertiary/aromatic N) is 1. The van der Waals surface area contributed by atoms with Gasteiger partial charge in [0.05, 0.1) is 7.11 Å². The van der Waals surface area contributed by atoms with E-state index in [0.29, 0.717) is 25.3 Å². The van der Waals surface area contributed by atoms with E-state index in [1.807, 2.05) is 24.3 Å². The number of urea groups is 1. The summed E-state index contributed by atoms with van der Waals surface area (Å²) < 4.78 is 5.12. The smallest absolute Gasteiger partial charge is 0.315 e. The highest BCUT2D eigenvalue weighted by molar-refractivity contribution is 5.75. The largest absolute Gasteiger partial charge is 0.504 e. The molecule has 0 fully saturated rings. The van der Waals surface area contributed by atoms with Gasteiger partial charge in [-0.2, -0.15) is 0 Å². The van der Waals surface area contributed by atoms with Crippen molar-refractivity contribution in [2.75, 3.05) is 27.7 Å². The second-order valence-electron chi connectivity index (χ2n) is 7.96. The van der Waals surface area contributed by atoms with E-state index in [4.69, 9.17) is 4.74 Å². The van der Waals surface area contributed by atoms with Gasteiger partial charge in [-0.25, -0.2) is 4.79 Å². The van der Waals surface area contributed by atoms with Crippen LogP contribution >= 0.6 is 0 Å². The average Bonchev–Trinajstić information content (AvgIpc) is 2.79. The van der Waals surface area contributed by atoms with Gasteiger partial charge in [0.1, 0.15) is 0 Å². The van der Waals surface area contributed by atoms with Crippen LogP contribution in [0, 0.1) is 0 Å². The van der Waals surface area contributed by atoms with Crippen LogP contribution in [0.2, 0.25) is 0 Å². The molecule has 0 saturated carbocycles. The van der Waals surface area contributed by atoms with E-state index in [1.165, 1.54) is 12.7 Å². The summed E-state index contributed by atoms with van der Waals surface area (Å²) in [5, 5.41) is 15.5. The molecule has 3 aromatic carbocycles. The molecule has 3 rings (SSSR count). The number of phenolic OH excluding ortho intramolecular Hbond substituents is 1. The topological polar surface area (TPSA) is 73.8 Å². The molecule has 0 aliphatic heterocycles. The predicted octanol–water partition coefficient (Wildman–Crippen LogP) is 4.17. The summed E-state index contributed by atoms with van der Waals surface area (Å²) in [6.07, 6.45) is 0.639. The number of benzene rings is 3. The van der Waals surface area contributed by atoms with E-state index in [0.717, 1.165) is 28.8 Å². The normalized spacial score (nSPS) is 10.8. The Morgan fingerprint density at radius 3 is 2.41 bits per heavy atom. The van der Waals surface area contributed by atoms with Crippen LogP contribution in [0.15, 0.2) is 66.7 Å². The molecule has 0 aromatic heterocycles. The fourth-order valence-electron chi connectivity index (χ4n) is 3.55. The van der Waals surface area contributed by atoms with Crippen LogP contribution in [0.5, 0.6) is 11.5 Å². The number of nitrogens with one attached hydrogen (secondary N) is 2. The van der Waals surface area contributed by atoms with Crippen molar-refractivity contribution in [1.82, 2.24) is 15.5 Å². The number of rotatable bonds is 9. The fourth-order valence-corrected chi connectivity index (χ4v) is 3.55. The van der Waals surface area contributed by atoms with Crippen LogP contribution in [0.3, 0.4) is 0 Å². The molecule has 0 atom stereocenters. The Morgan fingerprint density at radius 1 is 0.969 bits per heavy atom. The van der Waals surface area contributed by atoms with Crippen molar-refractivity contribution in [2.45, 2.75) is 19.5 Å². The van der Waals surface area contributed by atoms with Gasteiger partial charge < -0.3 is 25.4 Å². The van der Waals surface area contributed by atoms with Crippen molar-refractivity contribution in [3.05, 3.63) is 83.4 Å². The molecule has 168 valence electrons. The highest BCUT2D eigenvalue weighted by Crippen LogP contribution is 2.26. The maximum absolute atomic E-state index is 12.3. The Balaban J connectivity index is 1.54. The Hall–Kier alpha value is -3.51. The zero-order chi connectivity index (χ0) is 22.9. The van der Waals surface area contributed by atoms with E-state index >= 15 is 0 Å². The molecule has 0 saturated heterocycles. The zero-order valence-corrected chi connectivity index (χ0v) is 18.9. The summed E-state index contributed by atoms with van der Waals surface area (Å²) in [4.78, 5) is 14.4. The average molecular weight is 434 g/mol. The number of aromatic hydroxyl groups is 1. The van der Waals surface area contributed by atoms with Gasteiger partial charge in [0.2, 0.25) is 0 Å². The van der Waals surface area contributed by atoms with Crippen molar-refractivity contribution in [3.8, 4) is 22.6 Å². The van der Waals surface area contributed by atoms with E-state index in [2.05, 4.69) is 60.0 Å². The Kier molecular flexibility index (Phi) is 8.11. The Bertz CT molecular complexity index is 1030. The molecule has 6 heteroatoms. The molecule has 0 spiro atoms. The molecule has 6 nitrogen and oxygen atoms in total. The third-order valence-electron chi connectivity index (χ3n) is 5.16. The minimum Gasteiger partial charge on any atom is -0.504 e. The van der Waals surface area contributed by atoms with Gasteiger partial charge in [-0.15, -0.1) is 0 Å². The quantitative estimate of drug-likeness (QED) is 0.474. The first kappa shape index (κ1) is 23.2. The molecule has 2 amide bonds. The molecule has 0 radical (unpaired) electrons. The number of ether oxygens (including phenoxy) is 1. The molecule has 3 aromatic rings. The van der Waals surface area contributed by atoms with Crippen LogP contribution < -0.4 is 15.4 Å². The molecule has 3 N–H and O–H groups in total. The van der Waals surface area contributed by atoms with Crippen LogP contribution in [0.25, 0.3) is 11.1 Å². The van der Waals surface area contributed by atoms with Crippen LogP contribution in [0.1, 0.15) is 16.7 Å². The minimum atomic E-state index is -0.216. The number of phenols is 1. The van der Waals surface area contributed by atoms with Gasteiger partial charge >= 0.3 is 6.03 Å². The standard InChI is InChI=1S/C26H31N3O3/c1-29(2)18-20-8-11-21(12-9-20)23-7-5-4-6-22(23)17-28-26(31)27-15-14-19-10-13-24(30)25(16-19)32-3/h4-13,16,30H,14-15,17-18H2,1-3H3,(H2,27,28,31). The molecule has 0 aliphatic carbocycles. The van der Waals surface area contributed by atoms with Crippen molar-refractivity contribution < 1.29 is 14.6 Å². The summed E-state index contributed by atoms with van der Waals surface area (Å²) in [7, 11) is 5.63. The highest BCUT2D eigenvalue weighted by Gasteiger charge is 2.08. The van der Waals surface area contributed by atoms with Gasteiger partial charge in [0.15, 0.2) is 11.5 Å². The minimum absolute atomic E-state index is 0.105. The number of carbonyl (C=O) groups is 1. The first-order valence-corrected chi connectivity index (χ1v) is 10.7. The van der Waals surface area contributed by atoms with Gasteiger partial charge in [-0.05, 0) is 60.5 Å². The molecule has 0 heterocycles. The lowest BCUT2D eigenvalue weighted by molar-refractivity contribution is 0.240. The second kappa shape index (κ2) is 11.2. The summed E-state index contributed by atoms with van der Waals surface area (Å²) in [5.41, 5.74) is 5.54. The molecular formula is C26H31N3O3. The Morgan fingerprint density at radius 2 is 1.69 bits per heavy atom. The van der Waals surface area contributed by atoms with Crippen molar-refractivity contribution >= 4 is 6.03 Å². The highest BCUT2D eigenvalue weighted by atomic mass is 16.5. The van der Waals surface area contributed by atoms with Crippen LogP contribution in [0.4, 0.5) is 4.79 Å². The molecule has 0 unspecified atom stereocenters. The third kappa shape index (κ3) is 6.49. The summed E-state index contributed by atoms with van der Waals surface area (Å²) in [5.74, 6) is 0.534. The Labute approximate surface area is 189 Å². The van der Waals surface area contributed by atoms with E-state index in [-0.39, 0.29) is 11.8 Å². The monoisotopic (exact) mass is 433 g/mol. The summed E-state index contributed by atoms with van der Waals surface area (Å²) in [6, 6.07) is 21.6. The molecule has 0 bridgehead atoms. The number of amides is 2. The van der Waals surface area contributed by atoms with Crippen LogP contribution in [-0.2, 0) is 19.5 Å². The van der Waals surface area contributed by atoms with Crippen molar-refractivity contribution in [2.24, 2.45) is 0 Å². The zero-order valence-electron chi connectivity index (χ0n) is 18.9. The number of carbonyl (C=O) groups excluding carboxylic acids is 1. The van der Waals surface area contributed by atoms with E-state index in [9.17, 15) is 9.90 Å². The first-order valence-electron chi connectivity index (χ1n) is 10.7. The lowest BCUT2D eigenvalue weighted by atomic mass is 9.98. The SMILES string of the molecule is COc1cc(CCNC(=O)NCc2ccccc2-c2ccc(CN(C)C)cc2)ccc1O. The molecule has 32 heavy (non-hydrogen) atoms. The number of hydrogen-bond donors (Lipinski definition) is 3. The molecule has 0 aliphatic rings. The van der Waals surface area contributed by atoms with E-state index in [1.54, 1.807) is 12.1 Å². The van der Waals surface area contributed by atoms with Crippen LogP contribution in [-0.4, -0.2) is 43.8 Å². The summed E-state index contributed by atoms with van der Waals surface area (Å²) in [6.45, 7) is 1.82. The predicted molar refractivity (Wildman–Crippen MR) is 128 cm³/mol. The summed E-state index contributed by atoms with van der Waals surface area (Å²) >= 11 is 0. The maximum atomic E-state index is 12.3.